The molecule has 150 valence electrons. The van der Waals surface area contributed by atoms with Gasteiger partial charge in [0.1, 0.15) is 0 Å². The maximum Gasteiger partial charge on any atom is 0.236 e. The second kappa shape index (κ2) is 8.99. The molecule has 2 aliphatic rings. The predicted molar refractivity (Wildman–Crippen MR) is 104 cm³/mol. The molecule has 0 aromatic carbocycles. The molecule has 1 aromatic rings. The summed E-state index contributed by atoms with van der Waals surface area (Å²) < 4.78 is 7.52. The van der Waals surface area contributed by atoms with Crippen molar-refractivity contribution in [2.24, 2.45) is 0 Å². The Hall–Kier alpha value is -1.70. The molecule has 1 saturated heterocycles. The van der Waals surface area contributed by atoms with Gasteiger partial charge in [0.2, 0.25) is 5.91 Å². The lowest BCUT2D eigenvalue weighted by Gasteiger charge is -2.36. The van der Waals surface area contributed by atoms with Crippen LogP contribution < -0.4 is 0 Å². The number of nitrogens with zero attached hydrogens (tertiary/aromatic N) is 4. The summed E-state index contributed by atoms with van der Waals surface area (Å²) in [6.07, 6.45) is 7.55. The van der Waals surface area contributed by atoms with Crippen molar-refractivity contribution in [3.05, 3.63) is 24.0 Å². The molecule has 0 spiro atoms. The van der Waals surface area contributed by atoms with Crippen LogP contribution in [0.25, 0.3) is 5.57 Å². The molecule has 0 saturated carbocycles. The van der Waals surface area contributed by atoms with Gasteiger partial charge in [0.25, 0.3) is 0 Å². The summed E-state index contributed by atoms with van der Waals surface area (Å²) >= 11 is 0. The summed E-state index contributed by atoms with van der Waals surface area (Å²) in [4.78, 5) is 16.7. The van der Waals surface area contributed by atoms with Gasteiger partial charge in [-0.1, -0.05) is 13.0 Å². The quantitative estimate of drug-likeness (QED) is 0.812. The van der Waals surface area contributed by atoms with E-state index in [-0.39, 0.29) is 24.2 Å². The molecule has 27 heavy (non-hydrogen) atoms. The summed E-state index contributed by atoms with van der Waals surface area (Å²) in [5.74, 6) is 0.190. The largest absolute Gasteiger partial charge is 0.391 e. The van der Waals surface area contributed by atoms with E-state index in [1.54, 1.807) is 4.68 Å². The van der Waals surface area contributed by atoms with Crippen LogP contribution in [0, 0.1) is 0 Å². The van der Waals surface area contributed by atoms with Crippen molar-refractivity contribution in [2.75, 3.05) is 32.7 Å². The van der Waals surface area contributed by atoms with Crippen molar-refractivity contribution in [3.8, 4) is 0 Å². The van der Waals surface area contributed by atoms with Gasteiger partial charge in [-0.3, -0.25) is 14.4 Å². The molecule has 0 aliphatic carbocycles. The first-order chi connectivity index (χ1) is 12.9. The van der Waals surface area contributed by atoms with Crippen molar-refractivity contribution >= 4 is 11.5 Å². The Kier molecular flexibility index (Phi) is 6.68. The fourth-order valence-corrected chi connectivity index (χ4v) is 3.76. The van der Waals surface area contributed by atoms with Crippen LogP contribution in [-0.2, 0) is 16.1 Å². The van der Waals surface area contributed by atoms with E-state index >= 15 is 0 Å². The average Bonchev–Trinajstić information content (AvgIpc) is 3.09. The van der Waals surface area contributed by atoms with Crippen LogP contribution in [0.15, 0.2) is 18.5 Å². The zero-order valence-electron chi connectivity index (χ0n) is 16.7. The van der Waals surface area contributed by atoms with Gasteiger partial charge < -0.3 is 14.7 Å². The number of aromatic nitrogens is 2. The second-order valence-corrected chi connectivity index (χ2v) is 7.78. The minimum atomic E-state index is -0.356. The van der Waals surface area contributed by atoms with E-state index in [0.29, 0.717) is 26.2 Å². The van der Waals surface area contributed by atoms with E-state index in [0.717, 1.165) is 31.5 Å². The van der Waals surface area contributed by atoms with Crippen molar-refractivity contribution in [3.63, 3.8) is 0 Å². The molecule has 0 bridgehead atoms. The molecule has 3 rings (SSSR count). The molecule has 2 aliphatic heterocycles. The maximum absolute atomic E-state index is 12.6. The van der Waals surface area contributed by atoms with Crippen LogP contribution in [0.5, 0.6) is 0 Å². The summed E-state index contributed by atoms with van der Waals surface area (Å²) in [5, 5.41) is 14.1. The monoisotopic (exact) mass is 376 g/mol. The lowest BCUT2D eigenvalue weighted by Crippen LogP contribution is -2.51. The van der Waals surface area contributed by atoms with E-state index in [4.69, 9.17) is 4.74 Å². The molecule has 7 nitrogen and oxygen atoms in total. The van der Waals surface area contributed by atoms with Gasteiger partial charge in [-0.2, -0.15) is 5.10 Å². The van der Waals surface area contributed by atoms with Crippen LogP contribution in [0.3, 0.4) is 0 Å². The van der Waals surface area contributed by atoms with E-state index in [1.807, 2.05) is 38.1 Å². The Morgan fingerprint density at radius 1 is 1.37 bits per heavy atom. The number of ether oxygens (including phenoxy) is 1. The minimum absolute atomic E-state index is 0.105. The summed E-state index contributed by atoms with van der Waals surface area (Å²) in [7, 11) is 0. The highest BCUT2D eigenvalue weighted by Crippen LogP contribution is 2.22. The zero-order chi connectivity index (χ0) is 19.4. The van der Waals surface area contributed by atoms with E-state index < -0.39 is 0 Å². The zero-order valence-corrected chi connectivity index (χ0v) is 16.7. The third-order valence-corrected chi connectivity index (χ3v) is 5.30. The lowest BCUT2D eigenvalue weighted by molar-refractivity contribution is -0.144. The molecule has 1 aromatic heterocycles. The molecule has 1 unspecified atom stereocenters. The van der Waals surface area contributed by atoms with Gasteiger partial charge in [0.15, 0.2) is 0 Å². The first kappa shape index (κ1) is 20.0. The number of carbonyl (C=O) groups excluding carboxylic acids is 1. The van der Waals surface area contributed by atoms with Crippen molar-refractivity contribution in [2.45, 2.75) is 58.5 Å². The van der Waals surface area contributed by atoms with Gasteiger partial charge in [-0.15, -0.1) is 0 Å². The second-order valence-electron chi connectivity index (χ2n) is 7.78. The third kappa shape index (κ3) is 5.40. The molecular formula is C20H32N4O3. The van der Waals surface area contributed by atoms with Crippen molar-refractivity contribution in [1.82, 2.24) is 19.6 Å². The summed E-state index contributed by atoms with van der Waals surface area (Å²) in [6, 6.07) is 0. The molecule has 3 atom stereocenters. The Balaban J connectivity index is 1.52. The number of morpholine rings is 1. The smallest absolute Gasteiger partial charge is 0.236 e. The first-order valence-corrected chi connectivity index (χ1v) is 10.00. The van der Waals surface area contributed by atoms with Gasteiger partial charge in [0, 0.05) is 37.9 Å². The highest BCUT2D eigenvalue weighted by atomic mass is 16.5. The van der Waals surface area contributed by atoms with Crippen LogP contribution in [0.4, 0.5) is 0 Å². The van der Waals surface area contributed by atoms with Crippen LogP contribution in [0.2, 0.25) is 0 Å². The number of aliphatic hydroxyl groups excluding tert-OH is 1. The van der Waals surface area contributed by atoms with Crippen LogP contribution in [-0.4, -0.2) is 81.6 Å². The Morgan fingerprint density at radius 2 is 2.11 bits per heavy atom. The third-order valence-electron chi connectivity index (χ3n) is 5.30. The summed E-state index contributed by atoms with van der Waals surface area (Å²) in [5.41, 5.74) is 2.38. The minimum Gasteiger partial charge on any atom is -0.391 e. The highest BCUT2D eigenvalue weighted by Gasteiger charge is 2.27. The van der Waals surface area contributed by atoms with Crippen LogP contribution in [0.1, 0.15) is 39.2 Å². The molecule has 7 heteroatoms. The molecule has 0 radical (unpaired) electrons. The molecule has 1 fully saturated rings. The molecule has 1 amide bonds. The van der Waals surface area contributed by atoms with E-state index in [1.165, 1.54) is 5.57 Å². The number of rotatable bonds is 6. The topological polar surface area (TPSA) is 70.8 Å². The maximum atomic E-state index is 12.6. The summed E-state index contributed by atoms with van der Waals surface area (Å²) in [6.45, 7) is 10.0. The average molecular weight is 377 g/mol. The Morgan fingerprint density at radius 3 is 2.74 bits per heavy atom. The van der Waals surface area contributed by atoms with E-state index in [9.17, 15) is 9.90 Å². The number of hydrogen-bond donors (Lipinski definition) is 1. The van der Waals surface area contributed by atoms with Gasteiger partial charge in [-0.05, 0) is 32.3 Å². The first-order valence-electron chi connectivity index (χ1n) is 10.00. The standard InChI is InChI=1S/C20H32N4O3/c1-4-19(25)13-24-12-18(9-21-24)17-5-7-22(8-6-17)14-20(26)23-10-15(2)27-16(3)11-23/h5,9,12,15-16,19,25H,4,6-8,10-11,13-14H2,1-3H3/t15-,16+,19?. The number of aliphatic hydroxyl groups is 1. The fraction of sp³-hybridized carbons (Fsp3) is 0.700. The number of carbonyl (C=O) groups is 1. The molecular weight excluding hydrogens is 344 g/mol. The number of amides is 1. The number of hydrogen-bond acceptors (Lipinski definition) is 5. The van der Waals surface area contributed by atoms with Crippen molar-refractivity contribution in [1.29, 1.82) is 0 Å². The Bertz CT molecular complexity index is 662. The highest BCUT2D eigenvalue weighted by molar-refractivity contribution is 5.78. The van der Waals surface area contributed by atoms with Gasteiger partial charge in [-0.25, -0.2) is 0 Å². The Labute approximate surface area is 161 Å². The molecule has 1 N–H and O–H groups in total. The van der Waals surface area contributed by atoms with Gasteiger partial charge in [0.05, 0.1) is 37.6 Å². The van der Waals surface area contributed by atoms with Gasteiger partial charge >= 0.3 is 0 Å². The van der Waals surface area contributed by atoms with Crippen molar-refractivity contribution < 1.29 is 14.6 Å². The lowest BCUT2D eigenvalue weighted by atomic mass is 10.0. The fourth-order valence-electron chi connectivity index (χ4n) is 3.76. The predicted octanol–water partition coefficient (Wildman–Crippen LogP) is 1.38. The van der Waals surface area contributed by atoms with E-state index in [2.05, 4.69) is 16.1 Å². The SMILES string of the molecule is CCC(O)Cn1cc(C2=CCN(CC(=O)N3C[C@@H](C)O[C@@H](C)C3)CC2)cn1. The van der Waals surface area contributed by atoms with Crippen LogP contribution >= 0.6 is 0 Å². The normalized spacial score (nSPS) is 25.3. The molecule has 3 heterocycles.